The fraction of sp³-hybridized carbons (Fsp3) is 0.462. The Labute approximate surface area is 112 Å². The Bertz CT molecular complexity index is 421. The highest BCUT2D eigenvalue weighted by atomic mass is 35.5. The smallest absolute Gasteiger partial charge is 0.241 e. The lowest BCUT2D eigenvalue weighted by Gasteiger charge is -2.16. The van der Waals surface area contributed by atoms with Gasteiger partial charge in [-0.25, -0.2) is 0 Å². The van der Waals surface area contributed by atoms with E-state index in [0.29, 0.717) is 28.8 Å². The summed E-state index contributed by atoms with van der Waals surface area (Å²) in [5.74, 6) is 0.695. The molecule has 0 heterocycles. The van der Waals surface area contributed by atoms with E-state index in [1.165, 1.54) is 7.11 Å². The second-order valence-electron chi connectivity index (χ2n) is 4.57. The lowest BCUT2D eigenvalue weighted by molar-refractivity contribution is -0.117. The molecule has 1 aromatic carbocycles. The van der Waals surface area contributed by atoms with E-state index in [0.717, 1.165) is 0 Å². The summed E-state index contributed by atoms with van der Waals surface area (Å²) in [6, 6.07) is 4.50. The van der Waals surface area contributed by atoms with Crippen molar-refractivity contribution in [2.24, 2.45) is 11.7 Å². The Morgan fingerprint density at radius 2 is 2.17 bits per heavy atom. The lowest BCUT2D eigenvalue weighted by atomic mass is 10.0. The normalized spacial score (nSPS) is 12.3. The summed E-state index contributed by atoms with van der Waals surface area (Å²) in [5.41, 5.74) is 6.35. The Morgan fingerprint density at radius 3 is 2.72 bits per heavy atom. The van der Waals surface area contributed by atoms with Crippen LogP contribution in [0.3, 0.4) is 0 Å². The van der Waals surface area contributed by atoms with E-state index >= 15 is 0 Å². The number of carbonyl (C=O) groups excluding carboxylic acids is 1. The maximum Gasteiger partial charge on any atom is 0.241 e. The summed E-state index contributed by atoms with van der Waals surface area (Å²) < 4.78 is 5.15. The molecule has 0 aliphatic carbocycles. The summed E-state index contributed by atoms with van der Waals surface area (Å²) in [6.07, 6.45) is 0.634. The molecule has 5 heteroatoms. The third-order valence-electron chi connectivity index (χ3n) is 2.48. The van der Waals surface area contributed by atoms with Gasteiger partial charge in [0, 0.05) is 5.02 Å². The molecule has 0 aromatic heterocycles. The number of methoxy groups -OCH3 is 1. The van der Waals surface area contributed by atoms with Crippen LogP contribution in [0.1, 0.15) is 20.3 Å². The average Bonchev–Trinajstić information content (AvgIpc) is 2.28. The van der Waals surface area contributed by atoms with Crippen LogP contribution in [0.15, 0.2) is 18.2 Å². The average molecular weight is 271 g/mol. The van der Waals surface area contributed by atoms with Gasteiger partial charge in [0.1, 0.15) is 5.75 Å². The molecule has 1 unspecified atom stereocenters. The number of hydrogen-bond acceptors (Lipinski definition) is 3. The number of anilines is 1. The number of halogens is 1. The molecular weight excluding hydrogens is 252 g/mol. The maximum atomic E-state index is 11.9. The van der Waals surface area contributed by atoms with Crippen molar-refractivity contribution in [1.82, 2.24) is 0 Å². The number of nitrogens with two attached hydrogens (primary N) is 1. The van der Waals surface area contributed by atoms with Gasteiger partial charge in [-0.2, -0.15) is 0 Å². The van der Waals surface area contributed by atoms with Crippen molar-refractivity contribution in [3.8, 4) is 5.75 Å². The summed E-state index contributed by atoms with van der Waals surface area (Å²) in [4.78, 5) is 11.9. The van der Waals surface area contributed by atoms with Crippen LogP contribution in [-0.4, -0.2) is 19.1 Å². The first kappa shape index (κ1) is 14.8. The van der Waals surface area contributed by atoms with Crippen molar-refractivity contribution >= 4 is 23.2 Å². The fourth-order valence-electron chi connectivity index (χ4n) is 1.62. The predicted molar refractivity (Wildman–Crippen MR) is 74.1 cm³/mol. The van der Waals surface area contributed by atoms with Gasteiger partial charge >= 0.3 is 0 Å². The second-order valence-corrected chi connectivity index (χ2v) is 5.01. The molecule has 100 valence electrons. The molecule has 1 rings (SSSR count). The van der Waals surface area contributed by atoms with Crippen LogP contribution in [0.5, 0.6) is 5.75 Å². The highest BCUT2D eigenvalue weighted by Gasteiger charge is 2.16. The van der Waals surface area contributed by atoms with Crippen molar-refractivity contribution in [3.63, 3.8) is 0 Å². The van der Waals surface area contributed by atoms with E-state index in [9.17, 15) is 4.79 Å². The minimum atomic E-state index is -0.534. The molecule has 0 saturated carbocycles. The Balaban J connectivity index is 2.77. The molecule has 0 bridgehead atoms. The van der Waals surface area contributed by atoms with E-state index in [-0.39, 0.29) is 5.91 Å². The van der Waals surface area contributed by atoms with Crippen molar-refractivity contribution in [2.75, 3.05) is 12.4 Å². The SMILES string of the molecule is COc1ccc(Cl)cc1NC(=O)C(N)CC(C)C. The van der Waals surface area contributed by atoms with Gasteiger partial charge in [0.15, 0.2) is 0 Å². The largest absolute Gasteiger partial charge is 0.495 e. The van der Waals surface area contributed by atoms with E-state index in [2.05, 4.69) is 5.32 Å². The summed E-state index contributed by atoms with van der Waals surface area (Å²) in [6.45, 7) is 4.04. The summed E-state index contributed by atoms with van der Waals surface area (Å²) >= 11 is 5.88. The van der Waals surface area contributed by atoms with Crippen LogP contribution < -0.4 is 15.8 Å². The van der Waals surface area contributed by atoms with Gasteiger partial charge in [0.25, 0.3) is 0 Å². The lowest BCUT2D eigenvalue weighted by Crippen LogP contribution is -2.36. The van der Waals surface area contributed by atoms with Crippen LogP contribution in [0, 0.1) is 5.92 Å². The van der Waals surface area contributed by atoms with E-state index in [1.807, 2.05) is 13.8 Å². The van der Waals surface area contributed by atoms with Gasteiger partial charge in [-0.3, -0.25) is 4.79 Å². The molecule has 0 aliphatic rings. The third kappa shape index (κ3) is 4.20. The molecule has 3 N–H and O–H groups in total. The summed E-state index contributed by atoms with van der Waals surface area (Å²) in [5, 5.41) is 3.27. The van der Waals surface area contributed by atoms with Crippen LogP contribution in [0.4, 0.5) is 5.69 Å². The molecule has 1 amide bonds. The monoisotopic (exact) mass is 270 g/mol. The standard InChI is InChI=1S/C13H19ClN2O2/c1-8(2)6-10(15)13(17)16-11-7-9(14)4-5-12(11)18-3/h4-5,7-8,10H,6,15H2,1-3H3,(H,16,17). The van der Waals surface area contributed by atoms with Crippen molar-refractivity contribution < 1.29 is 9.53 Å². The molecule has 18 heavy (non-hydrogen) atoms. The number of benzene rings is 1. The zero-order valence-electron chi connectivity index (χ0n) is 10.9. The third-order valence-corrected chi connectivity index (χ3v) is 2.72. The zero-order chi connectivity index (χ0) is 13.7. The number of hydrogen-bond donors (Lipinski definition) is 2. The first-order chi connectivity index (χ1) is 8.43. The Morgan fingerprint density at radius 1 is 1.50 bits per heavy atom. The minimum Gasteiger partial charge on any atom is -0.495 e. The quantitative estimate of drug-likeness (QED) is 0.865. The topological polar surface area (TPSA) is 64.3 Å². The number of ether oxygens (including phenoxy) is 1. The van der Waals surface area contributed by atoms with Crippen molar-refractivity contribution in [3.05, 3.63) is 23.2 Å². The van der Waals surface area contributed by atoms with Gasteiger partial charge in [-0.05, 0) is 30.5 Å². The number of carbonyl (C=O) groups is 1. The molecule has 4 nitrogen and oxygen atoms in total. The first-order valence-electron chi connectivity index (χ1n) is 5.84. The number of amides is 1. The van der Waals surface area contributed by atoms with E-state index in [1.54, 1.807) is 18.2 Å². The molecule has 0 aliphatic heterocycles. The highest BCUT2D eigenvalue weighted by molar-refractivity contribution is 6.31. The van der Waals surface area contributed by atoms with Crippen molar-refractivity contribution in [1.29, 1.82) is 0 Å². The predicted octanol–water partition coefficient (Wildman–Crippen LogP) is 2.66. The second kappa shape index (κ2) is 6.61. The highest BCUT2D eigenvalue weighted by Crippen LogP contribution is 2.27. The van der Waals surface area contributed by atoms with Gasteiger partial charge in [-0.1, -0.05) is 25.4 Å². The molecular formula is C13H19ClN2O2. The summed E-state index contributed by atoms with van der Waals surface area (Å²) in [7, 11) is 1.53. The molecule has 0 fully saturated rings. The van der Waals surface area contributed by atoms with Crippen LogP contribution in [0.2, 0.25) is 5.02 Å². The fourth-order valence-corrected chi connectivity index (χ4v) is 1.79. The van der Waals surface area contributed by atoms with Gasteiger partial charge in [0.2, 0.25) is 5.91 Å². The van der Waals surface area contributed by atoms with Crippen LogP contribution in [0.25, 0.3) is 0 Å². The van der Waals surface area contributed by atoms with Gasteiger partial charge in [0.05, 0.1) is 18.8 Å². The Kier molecular flexibility index (Phi) is 5.44. The van der Waals surface area contributed by atoms with E-state index in [4.69, 9.17) is 22.1 Å². The molecule has 0 saturated heterocycles. The number of nitrogens with one attached hydrogen (secondary N) is 1. The maximum absolute atomic E-state index is 11.9. The van der Waals surface area contributed by atoms with Gasteiger partial charge in [-0.15, -0.1) is 0 Å². The number of rotatable bonds is 5. The Hall–Kier alpha value is -1.26. The van der Waals surface area contributed by atoms with E-state index < -0.39 is 6.04 Å². The van der Waals surface area contributed by atoms with Crippen molar-refractivity contribution in [2.45, 2.75) is 26.3 Å². The minimum absolute atomic E-state index is 0.232. The van der Waals surface area contributed by atoms with Gasteiger partial charge < -0.3 is 15.8 Å². The zero-order valence-corrected chi connectivity index (χ0v) is 11.6. The molecule has 0 radical (unpaired) electrons. The molecule has 0 spiro atoms. The molecule has 1 atom stereocenters. The van der Waals surface area contributed by atoms with Crippen LogP contribution in [-0.2, 0) is 4.79 Å². The molecule has 1 aromatic rings. The first-order valence-corrected chi connectivity index (χ1v) is 6.21. The van der Waals surface area contributed by atoms with Crippen LogP contribution >= 0.6 is 11.6 Å².